The summed E-state index contributed by atoms with van der Waals surface area (Å²) in [5, 5.41) is 15.3. The number of benzene rings is 2. The van der Waals surface area contributed by atoms with Gasteiger partial charge in [-0.3, -0.25) is 14.9 Å². The van der Waals surface area contributed by atoms with Gasteiger partial charge >= 0.3 is 0 Å². The molecule has 0 fully saturated rings. The lowest BCUT2D eigenvalue weighted by Gasteiger charge is -2.48. The first-order chi connectivity index (χ1) is 18.5. The number of hydrogen-bond acceptors (Lipinski definition) is 5. The Hall–Kier alpha value is -3.41. The highest BCUT2D eigenvalue weighted by molar-refractivity contribution is 6.11. The Labute approximate surface area is 245 Å². The van der Waals surface area contributed by atoms with Gasteiger partial charge in [0.25, 0.3) is 5.69 Å². The summed E-state index contributed by atoms with van der Waals surface area (Å²) in [6.07, 6.45) is 3.50. The lowest BCUT2D eigenvalue weighted by atomic mass is 9.66. The van der Waals surface area contributed by atoms with E-state index in [0.29, 0.717) is 0 Å². The molecule has 0 bridgehead atoms. The van der Waals surface area contributed by atoms with Crippen LogP contribution < -0.4 is 10.1 Å². The zero-order chi connectivity index (χ0) is 30.9. The standard InChI is InChI=1S/C35H46N2O4/c1-31(2,3)22-17-24(32(4,5)6)29-27(18-22)36-35(30(41-29)21-13-15-23(16-14-21)37(39)40)19-25(33(7,8)9)28(38)26(20-35)34(10,11)12/h13-20,30,36H,1-12H3. The molecule has 41 heavy (non-hydrogen) atoms. The van der Waals surface area contributed by atoms with Gasteiger partial charge in [0, 0.05) is 28.8 Å². The zero-order valence-corrected chi connectivity index (χ0v) is 26.8. The van der Waals surface area contributed by atoms with Gasteiger partial charge in [0.15, 0.2) is 11.9 Å². The zero-order valence-electron chi connectivity index (χ0n) is 26.8. The van der Waals surface area contributed by atoms with Crippen LogP contribution in [0.1, 0.15) is 106 Å². The molecule has 220 valence electrons. The number of rotatable bonds is 2. The van der Waals surface area contributed by atoms with Crippen molar-refractivity contribution < 1.29 is 14.5 Å². The van der Waals surface area contributed by atoms with Crippen LogP contribution in [0.3, 0.4) is 0 Å². The van der Waals surface area contributed by atoms with E-state index >= 15 is 0 Å². The summed E-state index contributed by atoms with van der Waals surface area (Å²) in [5.74, 6) is 0.817. The Bertz CT molecular complexity index is 1420. The molecular weight excluding hydrogens is 512 g/mol. The molecule has 6 heteroatoms. The molecule has 1 unspecified atom stereocenters. The van der Waals surface area contributed by atoms with Crippen LogP contribution in [0.25, 0.3) is 0 Å². The average Bonchev–Trinajstić information content (AvgIpc) is 2.81. The summed E-state index contributed by atoms with van der Waals surface area (Å²) in [6.45, 7) is 25.5. The Morgan fingerprint density at radius 1 is 0.780 bits per heavy atom. The third-order valence-electron chi connectivity index (χ3n) is 8.06. The molecule has 2 aliphatic rings. The average molecular weight is 559 g/mol. The van der Waals surface area contributed by atoms with E-state index in [9.17, 15) is 14.9 Å². The number of non-ortho nitro benzene ring substituents is 1. The smallest absolute Gasteiger partial charge is 0.269 e. The number of ketones is 1. The third-order valence-corrected chi connectivity index (χ3v) is 8.06. The van der Waals surface area contributed by atoms with Gasteiger partial charge in [-0.05, 0) is 63.1 Å². The van der Waals surface area contributed by atoms with E-state index in [1.54, 1.807) is 12.1 Å². The number of nitro benzene ring substituents is 1. The number of anilines is 1. The number of nitrogens with zero attached hydrogens (tertiary/aromatic N) is 1. The van der Waals surface area contributed by atoms with Crippen LogP contribution in [-0.2, 0) is 15.6 Å². The van der Waals surface area contributed by atoms with Crippen molar-refractivity contribution in [3.63, 3.8) is 0 Å². The van der Waals surface area contributed by atoms with Crippen LogP contribution in [0.2, 0.25) is 0 Å². The van der Waals surface area contributed by atoms with E-state index in [-0.39, 0.29) is 22.3 Å². The van der Waals surface area contributed by atoms with Crippen molar-refractivity contribution in [2.24, 2.45) is 10.8 Å². The lowest BCUT2D eigenvalue weighted by Crippen LogP contribution is -2.50. The molecule has 1 atom stereocenters. The number of Topliss-reactive ketones (excluding diaryl/α,β-unsaturated/α-hetero) is 1. The molecule has 2 aromatic carbocycles. The number of hydrogen-bond donors (Lipinski definition) is 1. The SMILES string of the molecule is CC(C)(C)C1=CC2(C=C(C(C)(C)C)C1=O)Nc1cc(C(C)(C)C)cc(C(C)(C)C)c1OC2c1ccc([N+](=O)[O-])cc1. The highest BCUT2D eigenvalue weighted by Crippen LogP contribution is 2.53. The number of nitro groups is 1. The van der Waals surface area contributed by atoms with E-state index in [4.69, 9.17) is 4.74 Å². The fraction of sp³-hybridized carbons (Fsp3) is 0.514. The molecule has 1 N–H and O–H groups in total. The van der Waals surface area contributed by atoms with Gasteiger partial charge in [0.05, 0.1) is 10.6 Å². The Kier molecular flexibility index (Phi) is 7.13. The summed E-state index contributed by atoms with van der Waals surface area (Å²) in [4.78, 5) is 25.0. The number of carbonyl (C=O) groups excluding carboxylic acids is 1. The summed E-state index contributed by atoms with van der Waals surface area (Å²) in [6, 6.07) is 11.0. The first-order valence-corrected chi connectivity index (χ1v) is 14.4. The minimum Gasteiger partial charge on any atom is -0.480 e. The van der Waals surface area contributed by atoms with Crippen molar-refractivity contribution in [2.75, 3.05) is 5.32 Å². The van der Waals surface area contributed by atoms with E-state index < -0.39 is 27.4 Å². The fourth-order valence-electron chi connectivity index (χ4n) is 5.60. The predicted octanol–water partition coefficient (Wildman–Crippen LogP) is 9.00. The van der Waals surface area contributed by atoms with Gasteiger partial charge in [-0.15, -0.1) is 0 Å². The molecule has 0 radical (unpaired) electrons. The van der Waals surface area contributed by atoms with Gasteiger partial charge in [-0.25, -0.2) is 0 Å². The van der Waals surface area contributed by atoms with Gasteiger partial charge in [-0.2, -0.15) is 0 Å². The molecule has 1 heterocycles. The second-order valence-corrected chi connectivity index (χ2v) is 15.8. The Balaban J connectivity index is 2.09. The predicted molar refractivity (Wildman–Crippen MR) is 167 cm³/mol. The number of fused-ring (bicyclic) bond motifs is 1. The minimum absolute atomic E-state index is 0.0211. The fourth-order valence-corrected chi connectivity index (χ4v) is 5.60. The van der Waals surface area contributed by atoms with Crippen LogP contribution >= 0.6 is 0 Å². The van der Waals surface area contributed by atoms with Crippen molar-refractivity contribution in [2.45, 2.75) is 106 Å². The number of allylic oxidation sites excluding steroid dienone is 2. The van der Waals surface area contributed by atoms with Crippen molar-refractivity contribution in [3.8, 4) is 5.75 Å². The number of ether oxygens (including phenoxy) is 1. The van der Waals surface area contributed by atoms with Crippen molar-refractivity contribution in [3.05, 3.63) is 86.5 Å². The summed E-state index contributed by atoms with van der Waals surface area (Å²) in [5.41, 5.74) is 3.36. The largest absolute Gasteiger partial charge is 0.480 e. The molecule has 0 saturated carbocycles. The monoisotopic (exact) mass is 558 g/mol. The van der Waals surface area contributed by atoms with Crippen LogP contribution in [-0.4, -0.2) is 16.2 Å². The van der Waals surface area contributed by atoms with Crippen LogP contribution in [0.15, 0.2) is 59.7 Å². The molecule has 4 rings (SSSR count). The van der Waals surface area contributed by atoms with Crippen LogP contribution in [0, 0.1) is 20.9 Å². The molecule has 6 nitrogen and oxygen atoms in total. The van der Waals surface area contributed by atoms with Crippen molar-refractivity contribution in [1.82, 2.24) is 0 Å². The van der Waals surface area contributed by atoms with Crippen molar-refractivity contribution in [1.29, 1.82) is 0 Å². The first kappa shape index (κ1) is 30.5. The van der Waals surface area contributed by atoms with Crippen molar-refractivity contribution >= 4 is 17.2 Å². The maximum atomic E-state index is 13.9. The minimum atomic E-state index is -0.909. The Morgan fingerprint density at radius 3 is 1.71 bits per heavy atom. The molecule has 1 aliphatic heterocycles. The van der Waals surface area contributed by atoms with Gasteiger partial charge in [0.2, 0.25) is 0 Å². The highest BCUT2D eigenvalue weighted by atomic mass is 16.6. The molecule has 0 aromatic heterocycles. The number of nitrogens with one attached hydrogen (secondary N) is 1. The van der Waals surface area contributed by atoms with Gasteiger partial charge in [-0.1, -0.05) is 89.2 Å². The van der Waals surface area contributed by atoms with E-state index in [1.807, 2.05) is 12.2 Å². The third kappa shape index (κ3) is 5.71. The maximum Gasteiger partial charge on any atom is 0.269 e. The molecule has 1 aliphatic carbocycles. The van der Waals surface area contributed by atoms with Gasteiger partial charge < -0.3 is 10.1 Å². The molecular formula is C35H46N2O4. The van der Waals surface area contributed by atoms with Crippen LogP contribution in [0.5, 0.6) is 5.75 Å². The Morgan fingerprint density at radius 2 is 1.29 bits per heavy atom. The second-order valence-electron chi connectivity index (χ2n) is 15.8. The quantitative estimate of drug-likeness (QED) is 0.294. The first-order valence-electron chi connectivity index (χ1n) is 14.4. The summed E-state index contributed by atoms with van der Waals surface area (Å²) >= 11 is 0. The maximum absolute atomic E-state index is 13.9. The van der Waals surface area contributed by atoms with E-state index in [2.05, 4.69) is 101 Å². The van der Waals surface area contributed by atoms with E-state index in [1.165, 1.54) is 17.7 Å². The molecule has 1 spiro atoms. The topological polar surface area (TPSA) is 81.5 Å². The molecule has 0 saturated heterocycles. The highest BCUT2D eigenvalue weighted by Gasteiger charge is 2.50. The molecule has 2 aromatic rings. The van der Waals surface area contributed by atoms with Gasteiger partial charge in [0.1, 0.15) is 11.3 Å². The second kappa shape index (κ2) is 9.57. The summed E-state index contributed by atoms with van der Waals surface area (Å²) < 4.78 is 7.06. The van der Waals surface area contributed by atoms with Crippen LogP contribution in [0.4, 0.5) is 11.4 Å². The summed E-state index contributed by atoms with van der Waals surface area (Å²) in [7, 11) is 0. The normalized spacial score (nSPS) is 19.1. The number of carbonyl (C=O) groups is 1. The lowest BCUT2D eigenvalue weighted by molar-refractivity contribution is -0.384. The molecule has 0 amide bonds. The van der Waals surface area contributed by atoms with E-state index in [0.717, 1.165) is 33.7 Å².